The van der Waals surface area contributed by atoms with E-state index in [1.54, 1.807) is 12.1 Å². The Balaban J connectivity index is 0.000000450. The predicted octanol–water partition coefficient (Wildman–Crippen LogP) is 2.05. The molecule has 1 aromatic carbocycles. The maximum Gasteiger partial charge on any atom is 0.414 e. The molecule has 7 nitrogen and oxygen atoms in total. The van der Waals surface area contributed by atoms with E-state index in [2.05, 4.69) is 18.7 Å². The van der Waals surface area contributed by atoms with Crippen molar-refractivity contribution in [2.24, 2.45) is 0 Å². The van der Waals surface area contributed by atoms with Crippen molar-refractivity contribution in [3.63, 3.8) is 0 Å². The lowest BCUT2D eigenvalue weighted by molar-refractivity contribution is -0.159. The fourth-order valence-electron chi connectivity index (χ4n) is 2.43. The minimum Gasteiger partial charge on any atom is -0.473 e. The molecule has 1 unspecified atom stereocenters. The minimum atomic E-state index is -1.82. The van der Waals surface area contributed by atoms with Gasteiger partial charge in [-0.05, 0) is 31.5 Å². The zero-order valence-electron chi connectivity index (χ0n) is 14.3. The largest absolute Gasteiger partial charge is 0.473 e. The van der Waals surface area contributed by atoms with Crippen molar-refractivity contribution >= 4 is 29.4 Å². The summed E-state index contributed by atoms with van der Waals surface area (Å²) >= 11 is 5.93. The lowest BCUT2D eigenvalue weighted by atomic mass is 10.1. The Morgan fingerprint density at radius 2 is 1.68 bits per heavy atom. The third kappa shape index (κ3) is 6.72. The summed E-state index contributed by atoms with van der Waals surface area (Å²) in [6, 6.07) is 7.79. The molecule has 1 aliphatic rings. The number of carboxylic acid groups (broad SMARTS) is 2. The van der Waals surface area contributed by atoms with Crippen molar-refractivity contribution in [2.75, 3.05) is 26.2 Å². The maximum atomic E-state index is 12.3. The molecular weight excluding hydrogens is 348 g/mol. The van der Waals surface area contributed by atoms with Crippen LogP contribution < -0.4 is 0 Å². The van der Waals surface area contributed by atoms with Crippen LogP contribution in [-0.4, -0.2) is 70.1 Å². The molecule has 1 atom stereocenters. The van der Waals surface area contributed by atoms with Crippen molar-refractivity contribution in [3.05, 3.63) is 34.9 Å². The quantitative estimate of drug-likeness (QED) is 0.790. The van der Waals surface area contributed by atoms with Crippen molar-refractivity contribution in [3.8, 4) is 0 Å². The number of hydrogen-bond donors (Lipinski definition) is 2. The summed E-state index contributed by atoms with van der Waals surface area (Å²) in [5.41, 5.74) is 0.685. The average Bonchev–Trinajstić information content (AvgIpc) is 2.61. The van der Waals surface area contributed by atoms with E-state index in [0.717, 1.165) is 32.6 Å². The first-order chi connectivity index (χ1) is 11.8. The fourth-order valence-corrected chi connectivity index (χ4v) is 2.62. The second kappa shape index (κ2) is 10.0. The fraction of sp³-hybridized carbons (Fsp3) is 0.471. The molecule has 0 aliphatic carbocycles. The number of aliphatic carboxylic acids is 2. The van der Waals surface area contributed by atoms with Gasteiger partial charge >= 0.3 is 11.9 Å². The van der Waals surface area contributed by atoms with E-state index >= 15 is 0 Å². The highest BCUT2D eigenvalue weighted by Gasteiger charge is 2.24. The molecule has 0 bridgehead atoms. The Bertz CT molecular complexity index is 603. The summed E-state index contributed by atoms with van der Waals surface area (Å²) in [5.74, 6) is -3.56. The summed E-state index contributed by atoms with van der Waals surface area (Å²) in [6.07, 6.45) is 1.15. The van der Waals surface area contributed by atoms with Gasteiger partial charge in [-0.1, -0.05) is 24.6 Å². The van der Waals surface area contributed by atoms with E-state index in [1.165, 1.54) is 0 Å². The third-order valence-electron chi connectivity index (χ3n) is 4.07. The number of piperazine rings is 1. The van der Waals surface area contributed by atoms with Gasteiger partial charge in [-0.3, -0.25) is 9.69 Å². The van der Waals surface area contributed by atoms with Gasteiger partial charge in [0.2, 0.25) is 0 Å². The van der Waals surface area contributed by atoms with E-state index < -0.39 is 11.9 Å². The zero-order valence-corrected chi connectivity index (χ0v) is 15.1. The number of rotatable bonds is 3. The third-order valence-corrected chi connectivity index (χ3v) is 4.31. The van der Waals surface area contributed by atoms with Crippen LogP contribution in [0.25, 0.3) is 0 Å². The van der Waals surface area contributed by atoms with E-state index in [0.29, 0.717) is 16.6 Å². The number of halogens is 1. The molecule has 0 aromatic heterocycles. The molecule has 138 valence electrons. The minimum absolute atomic E-state index is 0.0892. The molecular formula is C17H23ClN2O5. The first-order valence-corrected chi connectivity index (χ1v) is 8.39. The van der Waals surface area contributed by atoms with Crippen LogP contribution in [-0.2, 0) is 9.59 Å². The number of amides is 1. The highest BCUT2D eigenvalue weighted by atomic mass is 35.5. The summed E-state index contributed by atoms with van der Waals surface area (Å²) in [6.45, 7) is 7.97. The Labute approximate surface area is 151 Å². The van der Waals surface area contributed by atoms with Crippen molar-refractivity contribution in [1.29, 1.82) is 0 Å². The molecule has 1 saturated heterocycles. The van der Waals surface area contributed by atoms with Crippen LogP contribution in [0.15, 0.2) is 24.3 Å². The normalized spacial score (nSPS) is 15.7. The highest BCUT2D eigenvalue weighted by Crippen LogP contribution is 2.15. The zero-order chi connectivity index (χ0) is 19.0. The molecule has 0 radical (unpaired) electrons. The molecule has 25 heavy (non-hydrogen) atoms. The van der Waals surface area contributed by atoms with Gasteiger partial charge in [0.1, 0.15) is 0 Å². The average molecular weight is 371 g/mol. The van der Waals surface area contributed by atoms with Gasteiger partial charge in [-0.25, -0.2) is 9.59 Å². The molecule has 8 heteroatoms. The van der Waals surface area contributed by atoms with Gasteiger partial charge in [0.05, 0.1) is 0 Å². The van der Waals surface area contributed by atoms with Crippen molar-refractivity contribution < 1.29 is 24.6 Å². The monoisotopic (exact) mass is 370 g/mol. The number of hydrogen-bond acceptors (Lipinski definition) is 4. The smallest absolute Gasteiger partial charge is 0.414 e. The van der Waals surface area contributed by atoms with Crippen LogP contribution in [0.2, 0.25) is 5.02 Å². The maximum absolute atomic E-state index is 12.3. The number of nitrogens with zero attached hydrogens (tertiary/aromatic N) is 2. The second-order valence-electron chi connectivity index (χ2n) is 5.71. The molecule has 2 N–H and O–H groups in total. The van der Waals surface area contributed by atoms with Crippen LogP contribution >= 0.6 is 11.6 Å². The Morgan fingerprint density at radius 3 is 2.12 bits per heavy atom. The molecule has 1 fully saturated rings. The van der Waals surface area contributed by atoms with Gasteiger partial charge in [0.25, 0.3) is 5.91 Å². The van der Waals surface area contributed by atoms with Crippen LogP contribution in [0.1, 0.15) is 30.6 Å². The standard InChI is InChI=1S/C15H21ClN2O.C2H2O4/c1-3-12(2)17-7-9-18(10-8-17)15(19)13-5-4-6-14(16)11-13;3-1(4)2(5)6/h4-6,11-12H,3,7-10H2,1-2H3;(H,3,4)(H,5,6). The molecule has 1 heterocycles. The summed E-state index contributed by atoms with van der Waals surface area (Å²) < 4.78 is 0. The summed E-state index contributed by atoms with van der Waals surface area (Å²) in [4.78, 5) is 34.9. The van der Waals surface area contributed by atoms with Gasteiger partial charge in [0, 0.05) is 42.8 Å². The van der Waals surface area contributed by atoms with Crippen molar-refractivity contribution in [2.45, 2.75) is 26.3 Å². The van der Waals surface area contributed by atoms with Crippen LogP contribution in [0.4, 0.5) is 0 Å². The molecule has 1 amide bonds. The first kappa shape index (κ1) is 20.9. The molecule has 2 rings (SSSR count). The van der Waals surface area contributed by atoms with Gasteiger partial charge in [-0.15, -0.1) is 0 Å². The van der Waals surface area contributed by atoms with E-state index in [1.807, 2.05) is 17.0 Å². The van der Waals surface area contributed by atoms with Gasteiger partial charge in [0.15, 0.2) is 0 Å². The number of carboxylic acids is 2. The van der Waals surface area contributed by atoms with E-state index in [-0.39, 0.29) is 5.91 Å². The molecule has 1 aliphatic heterocycles. The number of carbonyl (C=O) groups excluding carboxylic acids is 1. The van der Waals surface area contributed by atoms with Crippen molar-refractivity contribution in [1.82, 2.24) is 9.80 Å². The van der Waals surface area contributed by atoms with Gasteiger partial charge in [-0.2, -0.15) is 0 Å². The lowest BCUT2D eigenvalue weighted by Crippen LogP contribution is -2.51. The molecule has 0 saturated carbocycles. The SMILES string of the molecule is CCC(C)N1CCN(C(=O)c2cccc(Cl)c2)CC1.O=C(O)C(=O)O. The van der Waals surface area contributed by atoms with E-state index in [9.17, 15) is 4.79 Å². The Kier molecular flexibility index (Phi) is 8.37. The van der Waals surface area contributed by atoms with E-state index in [4.69, 9.17) is 31.4 Å². The second-order valence-corrected chi connectivity index (χ2v) is 6.14. The van der Waals surface area contributed by atoms with Crippen LogP contribution in [0.5, 0.6) is 0 Å². The lowest BCUT2D eigenvalue weighted by Gasteiger charge is -2.37. The summed E-state index contributed by atoms with van der Waals surface area (Å²) in [7, 11) is 0. The Hall–Kier alpha value is -2.12. The van der Waals surface area contributed by atoms with Crippen LogP contribution in [0, 0.1) is 0 Å². The number of carbonyl (C=O) groups is 3. The topological polar surface area (TPSA) is 98.2 Å². The Morgan fingerprint density at radius 1 is 1.12 bits per heavy atom. The summed E-state index contributed by atoms with van der Waals surface area (Å²) in [5, 5.41) is 15.4. The highest BCUT2D eigenvalue weighted by molar-refractivity contribution is 6.31. The number of benzene rings is 1. The predicted molar refractivity (Wildman–Crippen MR) is 94.0 cm³/mol. The first-order valence-electron chi connectivity index (χ1n) is 8.01. The van der Waals surface area contributed by atoms with Gasteiger partial charge < -0.3 is 15.1 Å². The molecule has 0 spiro atoms. The van der Waals surface area contributed by atoms with Crippen LogP contribution in [0.3, 0.4) is 0 Å². The molecule has 1 aromatic rings.